The van der Waals surface area contributed by atoms with E-state index in [0.717, 1.165) is 39.3 Å². The van der Waals surface area contributed by atoms with Crippen molar-refractivity contribution in [2.45, 2.75) is 33.5 Å². The number of nitrogens with two attached hydrogens (primary N) is 1. The van der Waals surface area contributed by atoms with E-state index in [1.54, 1.807) is 60.7 Å². The number of hydrogen-bond donors (Lipinski definition) is 12. The minimum atomic E-state index is -3.91. The Hall–Kier alpha value is -5.71. The Labute approximate surface area is 348 Å². The van der Waals surface area contributed by atoms with E-state index in [1.807, 2.05) is 0 Å². The third-order valence-corrected chi connectivity index (χ3v) is 13.0. The van der Waals surface area contributed by atoms with E-state index in [4.69, 9.17) is 60.3 Å². The quantitative estimate of drug-likeness (QED) is 0.0521. The summed E-state index contributed by atoms with van der Waals surface area (Å²) in [6.45, 7) is 10.4. The lowest BCUT2D eigenvalue weighted by Crippen LogP contribution is -2.56. The van der Waals surface area contributed by atoms with Crippen molar-refractivity contribution in [1.29, 1.82) is 0 Å². The number of nitrogens with zero attached hydrogens (tertiary/aromatic N) is 1. The maximum Gasteiger partial charge on any atom is 0.484 e. The number of carboxylic acids is 3. The minimum absolute atomic E-state index is 0.0671. The fraction of sp³-hybridized carbons (Fsp3) is 0.243. The van der Waals surface area contributed by atoms with Crippen LogP contribution >= 0.6 is 0 Å². The predicted octanol–water partition coefficient (Wildman–Crippen LogP) is 2.73. The number of esters is 1. The van der Waals surface area contributed by atoms with Crippen LogP contribution in [0.1, 0.15) is 55.3 Å². The molecule has 20 nitrogen and oxygen atoms in total. The molecular formula is C37H52N2O18Si3. The second kappa shape index (κ2) is 26.4. The number of aromatic hydroxyl groups is 3. The van der Waals surface area contributed by atoms with Gasteiger partial charge in [-0.25, -0.2) is 19.2 Å². The van der Waals surface area contributed by atoms with Gasteiger partial charge in [-0.3, -0.25) is 0 Å². The summed E-state index contributed by atoms with van der Waals surface area (Å²) in [6.07, 6.45) is 0. The van der Waals surface area contributed by atoms with Crippen molar-refractivity contribution >= 4 is 56.0 Å². The molecule has 0 saturated heterocycles. The van der Waals surface area contributed by atoms with Gasteiger partial charge in [-0.1, -0.05) is 50.2 Å². The molecule has 4 rings (SSSR count). The second-order valence-corrected chi connectivity index (χ2v) is 19.4. The van der Waals surface area contributed by atoms with Crippen LogP contribution in [0.5, 0.6) is 17.2 Å². The van der Waals surface area contributed by atoms with Gasteiger partial charge in [0.15, 0.2) is 0 Å². The summed E-state index contributed by atoms with van der Waals surface area (Å²) in [5.74, 6) is -4.23. The van der Waals surface area contributed by atoms with Crippen LogP contribution in [0, 0.1) is 0 Å². The average molecular weight is 897 g/mol. The molecule has 0 atom stereocenters. The number of carbonyl (C=O) groups excluding carboxylic acids is 1. The number of rotatable bonds is 13. The highest BCUT2D eigenvalue weighted by Gasteiger charge is 2.46. The van der Waals surface area contributed by atoms with Gasteiger partial charge in [0, 0.05) is 31.9 Å². The van der Waals surface area contributed by atoms with Crippen LogP contribution < -0.4 is 5.73 Å². The molecule has 23 heteroatoms. The van der Waals surface area contributed by atoms with Gasteiger partial charge in [0.2, 0.25) is 0 Å². The molecule has 0 aliphatic heterocycles. The maximum absolute atomic E-state index is 11.6. The summed E-state index contributed by atoms with van der Waals surface area (Å²) in [5, 5.41) is 51.9. The van der Waals surface area contributed by atoms with E-state index in [1.165, 1.54) is 36.4 Å². The van der Waals surface area contributed by atoms with Crippen molar-refractivity contribution in [3.63, 3.8) is 0 Å². The molecule has 0 aromatic heterocycles. The molecule has 0 aliphatic rings. The first-order chi connectivity index (χ1) is 27.7. The molecule has 0 amide bonds. The molecule has 0 fully saturated rings. The van der Waals surface area contributed by atoms with Crippen LogP contribution in [-0.4, -0.2) is 136 Å². The lowest BCUT2D eigenvalue weighted by Gasteiger charge is -2.28. The van der Waals surface area contributed by atoms with E-state index in [2.05, 4.69) is 27.0 Å². The number of para-hydroxylation sites is 3. The third-order valence-electron chi connectivity index (χ3n) is 6.85. The molecule has 4 aromatic carbocycles. The maximum atomic E-state index is 11.6. The van der Waals surface area contributed by atoms with Crippen LogP contribution in [0.4, 0.5) is 5.69 Å². The molecule has 0 radical (unpaired) electrons. The summed E-state index contributed by atoms with van der Waals surface area (Å²) in [6, 6.07) is 24.2. The van der Waals surface area contributed by atoms with E-state index in [9.17, 15) is 24.0 Å². The van der Waals surface area contributed by atoms with Gasteiger partial charge < -0.3 is 78.2 Å². The number of likely N-dealkylation sites (N-methyl/N-ethyl adjacent to an activating group) is 1. The zero-order valence-corrected chi connectivity index (χ0v) is 36.4. The molecule has 0 heterocycles. The van der Waals surface area contributed by atoms with E-state index < -0.39 is 44.3 Å². The summed E-state index contributed by atoms with van der Waals surface area (Å²) < 4.78 is 14.1. The van der Waals surface area contributed by atoms with Crippen molar-refractivity contribution in [3.05, 3.63) is 119 Å². The van der Waals surface area contributed by atoms with Crippen molar-refractivity contribution in [2.24, 2.45) is 0 Å². The van der Waals surface area contributed by atoms with Gasteiger partial charge in [-0.15, -0.1) is 0 Å². The van der Waals surface area contributed by atoms with Crippen LogP contribution in [-0.2, 0) is 13.0 Å². The Morgan fingerprint density at radius 3 is 1.13 bits per heavy atom. The minimum Gasteiger partial charge on any atom is -0.507 e. The molecule has 0 bridgehead atoms. The van der Waals surface area contributed by atoms with E-state index >= 15 is 0 Å². The number of phenols is 3. The molecule has 0 spiro atoms. The highest BCUT2D eigenvalue weighted by atomic mass is 28.5. The first-order valence-corrected chi connectivity index (χ1v) is 24.4. The Morgan fingerprint density at radius 2 is 0.883 bits per heavy atom. The fourth-order valence-electron chi connectivity index (χ4n) is 4.21. The largest absolute Gasteiger partial charge is 0.507 e. The Morgan fingerprint density at radius 1 is 0.567 bits per heavy atom. The monoisotopic (exact) mass is 896 g/mol. The standard InChI is InChI=1S/C13H20N2O2.3C7H6O3.C3H14O7Si3/c1-3-15(4-2)9-10-17-13(16)11-5-7-12(14)8-6-11;3*8-6-4-2-1-3-5(6)7(9)10;1-11(4,5)9-13(3,8)10-12(2,6)7/h5-8H,3-4,9-10,14H2,1-2H3;3*1-4,8H,(H,9,10);4-8H,1-3H3. The molecule has 13 N–H and O–H groups in total. The van der Waals surface area contributed by atoms with Crippen LogP contribution in [0.3, 0.4) is 0 Å². The number of benzene rings is 4. The number of nitrogen functional groups attached to an aromatic ring is 1. The topological polar surface area (TPSA) is 348 Å². The van der Waals surface area contributed by atoms with Gasteiger partial charge in [0.05, 0.1) is 5.56 Å². The summed E-state index contributed by atoms with van der Waals surface area (Å²) in [4.78, 5) is 89.4. The highest BCUT2D eigenvalue weighted by molar-refractivity contribution is 6.77. The zero-order valence-electron chi connectivity index (χ0n) is 33.4. The number of anilines is 1. The van der Waals surface area contributed by atoms with Gasteiger partial charge in [-0.05, 0) is 73.8 Å². The van der Waals surface area contributed by atoms with Crippen molar-refractivity contribution < 1.29 is 86.8 Å². The van der Waals surface area contributed by atoms with Crippen LogP contribution in [0.25, 0.3) is 0 Å². The van der Waals surface area contributed by atoms with Crippen molar-refractivity contribution in [1.82, 2.24) is 4.90 Å². The fourth-order valence-corrected chi connectivity index (χ4v) is 10.5. The summed E-state index contributed by atoms with van der Waals surface area (Å²) in [5.41, 5.74) is 6.53. The Kier molecular flexibility index (Phi) is 23.9. The predicted molar refractivity (Wildman–Crippen MR) is 222 cm³/mol. The lowest BCUT2D eigenvalue weighted by atomic mass is 10.2. The van der Waals surface area contributed by atoms with E-state index in [0.29, 0.717) is 17.9 Å². The first kappa shape index (κ1) is 54.3. The first-order valence-electron chi connectivity index (χ1n) is 17.5. The smallest absolute Gasteiger partial charge is 0.484 e. The molecular weight excluding hydrogens is 845 g/mol. The number of aromatic carboxylic acids is 3. The summed E-state index contributed by atoms with van der Waals surface area (Å²) >= 11 is 0. The number of carbonyl (C=O) groups is 4. The lowest BCUT2D eigenvalue weighted by molar-refractivity contribution is 0.0465. The van der Waals surface area contributed by atoms with Crippen molar-refractivity contribution in [3.8, 4) is 17.2 Å². The number of hydrogen-bond acceptors (Lipinski definition) is 17. The summed E-state index contributed by atoms with van der Waals surface area (Å²) in [7, 11) is -11.7. The zero-order chi connectivity index (χ0) is 46.3. The van der Waals surface area contributed by atoms with Crippen LogP contribution in [0.2, 0.25) is 19.6 Å². The number of carboxylic acid groups (broad SMARTS) is 3. The van der Waals surface area contributed by atoms with Gasteiger partial charge in [0.25, 0.3) is 0 Å². The molecule has 4 aromatic rings. The van der Waals surface area contributed by atoms with E-state index in [-0.39, 0.29) is 39.9 Å². The molecule has 330 valence electrons. The highest BCUT2D eigenvalue weighted by Crippen LogP contribution is 2.16. The molecule has 0 saturated carbocycles. The number of ether oxygens (including phenoxy) is 1. The second-order valence-electron chi connectivity index (χ2n) is 12.2. The van der Waals surface area contributed by atoms with Gasteiger partial charge in [-0.2, -0.15) is 0 Å². The Bertz CT molecular complexity index is 1780. The molecule has 0 aliphatic carbocycles. The SMILES string of the molecule is CCN(CC)CCOC(=O)c1ccc(N)cc1.C[Si](O)(O)O[Si](C)(O)O[Si](C)(O)O.O=C(O)c1ccccc1O.O=C(O)c1ccccc1O.O=C(O)c1ccccc1O. The van der Waals surface area contributed by atoms with Gasteiger partial charge >= 0.3 is 50.3 Å². The van der Waals surface area contributed by atoms with Crippen LogP contribution in [0.15, 0.2) is 97.1 Å². The molecule has 60 heavy (non-hydrogen) atoms. The normalized spacial score (nSPS) is 10.8. The average Bonchev–Trinajstić information content (AvgIpc) is 3.13. The third kappa shape index (κ3) is 24.3. The molecule has 0 unspecified atom stereocenters. The Balaban J connectivity index is 0.000000738. The van der Waals surface area contributed by atoms with Gasteiger partial charge in [0.1, 0.15) is 40.5 Å². The van der Waals surface area contributed by atoms with Crippen molar-refractivity contribution in [2.75, 3.05) is 32.0 Å².